The molecule has 0 aliphatic heterocycles. The Kier molecular flexibility index (Phi) is 4.70. The summed E-state index contributed by atoms with van der Waals surface area (Å²) in [7, 11) is 0. The van der Waals surface area contributed by atoms with Crippen molar-refractivity contribution in [1.82, 2.24) is 4.57 Å². The summed E-state index contributed by atoms with van der Waals surface area (Å²) in [5, 5.41) is 3.26. The molecule has 6 heteroatoms. The Balaban J connectivity index is 2.01. The number of fused-ring (bicyclic) bond motifs is 1. The van der Waals surface area contributed by atoms with E-state index in [1.807, 2.05) is 23.6 Å². The quantitative estimate of drug-likeness (QED) is 0.679. The molecule has 24 heavy (non-hydrogen) atoms. The fraction of sp³-hybridized carbons (Fsp3) is 0.111. The molecule has 0 aliphatic rings. The minimum Gasteiger partial charge on any atom is -0.306 e. The van der Waals surface area contributed by atoms with Crippen molar-refractivity contribution < 1.29 is 4.79 Å². The van der Waals surface area contributed by atoms with Gasteiger partial charge >= 0.3 is 6.03 Å². The molecule has 0 atom stereocenters. The zero-order valence-corrected chi connectivity index (χ0v) is 14.5. The number of aromatic nitrogens is 1. The highest BCUT2D eigenvalue weighted by molar-refractivity contribution is 7.16. The summed E-state index contributed by atoms with van der Waals surface area (Å²) < 4.78 is 2.90. The van der Waals surface area contributed by atoms with Crippen molar-refractivity contribution in [1.29, 1.82) is 0 Å². The molecule has 0 spiro atoms. The summed E-state index contributed by atoms with van der Waals surface area (Å²) in [5.74, 6) is 2.61. The summed E-state index contributed by atoms with van der Waals surface area (Å²) >= 11 is 7.35. The molecule has 0 bridgehead atoms. The Morgan fingerprint density at radius 3 is 2.96 bits per heavy atom. The third-order valence-electron chi connectivity index (χ3n) is 3.36. The number of nitrogens with one attached hydrogen (secondary N) is 1. The Morgan fingerprint density at radius 1 is 1.38 bits per heavy atom. The molecular formula is C18H14ClN3OS. The van der Waals surface area contributed by atoms with Crippen LogP contribution >= 0.6 is 22.9 Å². The van der Waals surface area contributed by atoms with Crippen LogP contribution in [0.2, 0.25) is 5.02 Å². The van der Waals surface area contributed by atoms with Gasteiger partial charge in [-0.05, 0) is 42.8 Å². The zero-order chi connectivity index (χ0) is 17.1. The normalized spacial score (nSPS) is 11.5. The van der Waals surface area contributed by atoms with E-state index in [1.165, 1.54) is 11.3 Å². The van der Waals surface area contributed by atoms with Crippen molar-refractivity contribution in [3.8, 4) is 12.3 Å². The van der Waals surface area contributed by atoms with Crippen molar-refractivity contribution in [2.45, 2.75) is 13.5 Å². The van der Waals surface area contributed by atoms with Crippen molar-refractivity contribution >= 4 is 44.9 Å². The third-order valence-corrected chi connectivity index (χ3v) is 4.64. The summed E-state index contributed by atoms with van der Waals surface area (Å²) in [6, 6.07) is 12.5. The molecular weight excluding hydrogens is 342 g/mol. The maximum atomic E-state index is 12.2. The van der Waals surface area contributed by atoms with Gasteiger partial charge in [0.05, 0.1) is 16.8 Å². The Labute approximate surface area is 148 Å². The lowest BCUT2D eigenvalue weighted by Gasteiger charge is -2.02. The van der Waals surface area contributed by atoms with Gasteiger partial charge in [0.2, 0.25) is 0 Å². The van der Waals surface area contributed by atoms with Gasteiger partial charge < -0.3 is 9.88 Å². The number of amides is 2. The minimum absolute atomic E-state index is 0.354. The number of nitrogens with zero attached hydrogens (tertiary/aromatic N) is 2. The van der Waals surface area contributed by atoms with Gasteiger partial charge in [-0.15, -0.1) is 6.42 Å². The standard InChI is InChI=1S/C18H14ClN3OS/c1-3-9-22-15-8-7-12(2)10-16(15)24-18(22)21-17(23)20-14-6-4-5-13(19)11-14/h1,4-8,10-11H,9H2,2H3,(H,20,23)/b21-18+. The molecule has 1 aromatic heterocycles. The van der Waals surface area contributed by atoms with E-state index in [9.17, 15) is 4.79 Å². The molecule has 1 heterocycles. The number of benzene rings is 2. The molecule has 120 valence electrons. The van der Waals surface area contributed by atoms with Crippen LogP contribution in [-0.2, 0) is 6.54 Å². The number of hydrogen-bond acceptors (Lipinski definition) is 2. The van der Waals surface area contributed by atoms with Crippen molar-refractivity contribution in [2.24, 2.45) is 4.99 Å². The van der Waals surface area contributed by atoms with Gasteiger partial charge in [0.25, 0.3) is 0 Å². The van der Waals surface area contributed by atoms with Crippen LogP contribution in [0.3, 0.4) is 0 Å². The molecule has 0 radical (unpaired) electrons. The van der Waals surface area contributed by atoms with Gasteiger partial charge in [-0.25, -0.2) is 4.79 Å². The molecule has 2 amide bonds. The first-order chi connectivity index (χ1) is 11.6. The highest BCUT2D eigenvalue weighted by atomic mass is 35.5. The predicted molar refractivity (Wildman–Crippen MR) is 99.4 cm³/mol. The van der Waals surface area contributed by atoms with Crippen molar-refractivity contribution in [3.63, 3.8) is 0 Å². The first kappa shape index (κ1) is 16.3. The molecule has 0 aliphatic carbocycles. The van der Waals surface area contributed by atoms with E-state index in [4.69, 9.17) is 18.0 Å². The number of hydrogen-bond donors (Lipinski definition) is 1. The average Bonchev–Trinajstić information content (AvgIpc) is 2.84. The van der Waals surface area contributed by atoms with Gasteiger partial charge in [-0.2, -0.15) is 4.99 Å². The fourth-order valence-corrected chi connectivity index (χ4v) is 3.63. The third kappa shape index (κ3) is 3.51. The fourth-order valence-electron chi connectivity index (χ4n) is 2.31. The lowest BCUT2D eigenvalue weighted by Crippen LogP contribution is -2.18. The number of terminal acetylenes is 1. The number of urea groups is 1. The van der Waals surface area contributed by atoms with E-state index in [-0.39, 0.29) is 0 Å². The van der Waals surface area contributed by atoms with Crippen LogP contribution in [0.15, 0.2) is 47.5 Å². The second-order valence-electron chi connectivity index (χ2n) is 5.20. The van der Waals surface area contributed by atoms with E-state index in [0.717, 1.165) is 15.8 Å². The minimum atomic E-state index is -0.466. The number of halogens is 1. The summed E-state index contributed by atoms with van der Waals surface area (Å²) in [4.78, 5) is 16.9. The number of carbonyl (C=O) groups is 1. The molecule has 0 fully saturated rings. The molecule has 2 aromatic carbocycles. The van der Waals surface area contributed by atoms with Crippen LogP contribution < -0.4 is 10.1 Å². The summed E-state index contributed by atoms with van der Waals surface area (Å²) in [6.45, 7) is 2.37. The van der Waals surface area contributed by atoms with Crippen LogP contribution in [0.4, 0.5) is 10.5 Å². The van der Waals surface area contributed by atoms with Crippen LogP contribution in [0.25, 0.3) is 10.2 Å². The van der Waals surface area contributed by atoms with E-state index in [0.29, 0.717) is 22.1 Å². The molecule has 0 saturated heterocycles. The predicted octanol–water partition coefficient (Wildman–Crippen LogP) is 4.43. The molecule has 0 unspecified atom stereocenters. The lowest BCUT2D eigenvalue weighted by atomic mass is 10.2. The van der Waals surface area contributed by atoms with E-state index >= 15 is 0 Å². The van der Waals surface area contributed by atoms with Crippen LogP contribution in [0, 0.1) is 19.3 Å². The maximum absolute atomic E-state index is 12.2. The second-order valence-corrected chi connectivity index (χ2v) is 6.64. The highest BCUT2D eigenvalue weighted by Gasteiger charge is 2.08. The highest BCUT2D eigenvalue weighted by Crippen LogP contribution is 2.19. The number of carbonyl (C=O) groups excluding carboxylic acids is 1. The molecule has 4 nitrogen and oxygen atoms in total. The van der Waals surface area contributed by atoms with Crippen molar-refractivity contribution in [2.75, 3.05) is 5.32 Å². The number of thiazole rings is 1. The zero-order valence-electron chi connectivity index (χ0n) is 12.9. The van der Waals surface area contributed by atoms with Gasteiger partial charge in [0.15, 0.2) is 4.80 Å². The van der Waals surface area contributed by atoms with Crippen LogP contribution in [0.1, 0.15) is 5.56 Å². The monoisotopic (exact) mass is 355 g/mol. The Bertz CT molecular complexity index is 1030. The van der Waals surface area contributed by atoms with Gasteiger partial charge in [0.1, 0.15) is 0 Å². The van der Waals surface area contributed by atoms with Crippen LogP contribution in [0.5, 0.6) is 0 Å². The van der Waals surface area contributed by atoms with Crippen LogP contribution in [-0.4, -0.2) is 10.6 Å². The van der Waals surface area contributed by atoms with E-state index < -0.39 is 6.03 Å². The number of aryl methyl sites for hydroxylation is 1. The Hall–Kier alpha value is -2.55. The van der Waals surface area contributed by atoms with E-state index in [1.54, 1.807) is 24.3 Å². The number of anilines is 1. The van der Waals surface area contributed by atoms with E-state index in [2.05, 4.69) is 22.3 Å². The maximum Gasteiger partial charge on any atom is 0.348 e. The summed E-state index contributed by atoms with van der Waals surface area (Å²) in [5.41, 5.74) is 2.71. The number of rotatable bonds is 2. The largest absolute Gasteiger partial charge is 0.348 e. The first-order valence-electron chi connectivity index (χ1n) is 7.21. The Morgan fingerprint density at radius 2 is 2.21 bits per heavy atom. The molecule has 0 saturated carbocycles. The van der Waals surface area contributed by atoms with Crippen molar-refractivity contribution in [3.05, 3.63) is 57.9 Å². The lowest BCUT2D eigenvalue weighted by molar-refractivity contribution is 0.259. The SMILES string of the molecule is C#CCn1/c(=N\C(=O)Nc2cccc(Cl)c2)sc2cc(C)ccc21. The first-order valence-corrected chi connectivity index (χ1v) is 8.41. The van der Waals surface area contributed by atoms with Gasteiger partial charge in [-0.1, -0.05) is 41.0 Å². The molecule has 1 N–H and O–H groups in total. The average molecular weight is 356 g/mol. The molecule has 3 rings (SSSR count). The molecule has 3 aromatic rings. The smallest absolute Gasteiger partial charge is 0.306 e. The topological polar surface area (TPSA) is 46.4 Å². The second kappa shape index (κ2) is 6.91. The van der Waals surface area contributed by atoms with Gasteiger partial charge in [-0.3, -0.25) is 0 Å². The van der Waals surface area contributed by atoms with Gasteiger partial charge in [0, 0.05) is 10.7 Å². The summed E-state index contributed by atoms with van der Waals surface area (Å²) in [6.07, 6.45) is 5.46.